The maximum Gasteiger partial charge on any atom is 0.175 e. The number of hydrogen-bond acceptors (Lipinski definition) is 6. The van der Waals surface area contributed by atoms with Crippen LogP contribution in [0.3, 0.4) is 0 Å². The van der Waals surface area contributed by atoms with Crippen molar-refractivity contribution in [2.75, 3.05) is 0 Å². The van der Waals surface area contributed by atoms with Crippen molar-refractivity contribution in [2.24, 2.45) is 0 Å². The molecular formula is C9H7ClN4S2. The summed E-state index contributed by atoms with van der Waals surface area (Å²) >= 11 is 8.79. The highest BCUT2D eigenvalue weighted by Crippen LogP contribution is 2.39. The van der Waals surface area contributed by atoms with Crippen molar-refractivity contribution < 1.29 is 0 Å². The molecule has 1 saturated carbocycles. The molecule has 0 radical (unpaired) electrons. The molecule has 1 aliphatic rings. The van der Waals surface area contributed by atoms with Crippen LogP contribution in [-0.2, 0) is 0 Å². The predicted octanol–water partition coefficient (Wildman–Crippen LogP) is 3.01. The van der Waals surface area contributed by atoms with Gasteiger partial charge in [0.25, 0.3) is 0 Å². The highest BCUT2D eigenvalue weighted by atomic mass is 35.5. The van der Waals surface area contributed by atoms with Crippen LogP contribution >= 0.6 is 34.9 Å². The molecule has 0 bridgehead atoms. The minimum Gasteiger partial charge on any atom is -0.226 e. The van der Waals surface area contributed by atoms with Gasteiger partial charge in [0.05, 0.1) is 0 Å². The largest absolute Gasteiger partial charge is 0.226 e. The smallest absolute Gasteiger partial charge is 0.175 e. The first-order valence-corrected chi connectivity index (χ1v) is 6.77. The van der Waals surface area contributed by atoms with Gasteiger partial charge in [0.2, 0.25) is 0 Å². The lowest BCUT2D eigenvalue weighted by Crippen LogP contribution is -1.94. The Hall–Kier alpha value is -0.720. The maximum atomic E-state index is 5.96. The molecule has 2 aromatic rings. The Morgan fingerprint density at radius 1 is 1.38 bits per heavy atom. The number of rotatable bonds is 3. The average molecular weight is 271 g/mol. The van der Waals surface area contributed by atoms with Gasteiger partial charge in [-0.25, -0.2) is 15.0 Å². The summed E-state index contributed by atoms with van der Waals surface area (Å²) in [5.41, 5.74) is 0. The Balaban J connectivity index is 1.88. The standard InChI is InChI=1S/C9H7ClN4S2/c10-6-3-7(15-9-11-4-12-16-9)14-8(13-6)5-1-2-5/h3-5H,1-2H2. The summed E-state index contributed by atoms with van der Waals surface area (Å²) in [4.78, 5) is 12.8. The van der Waals surface area contributed by atoms with Gasteiger partial charge in [-0.15, -0.1) is 0 Å². The molecule has 2 heterocycles. The topological polar surface area (TPSA) is 51.6 Å². The van der Waals surface area contributed by atoms with Crippen LogP contribution < -0.4 is 0 Å². The number of halogens is 1. The summed E-state index contributed by atoms with van der Waals surface area (Å²) in [6.07, 6.45) is 3.88. The van der Waals surface area contributed by atoms with E-state index in [1.54, 1.807) is 6.07 Å². The molecule has 0 N–H and O–H groups in total. The third-order valence-corrected chi connectivity index (χ3v) is 3.99. The summed E-state index contributed by atoms with van der Waals surface area (Å²) in [5.74, 6) is 1.37. The van der Waals surface area contributed by atoms with Crippen molar-refractivity contribution in [1.29, 1.82) is 0 Å². The molecule has 4 nitrogen and oxygen atoms in total. The van der Waals surface area contributed by atoms with Crippen LogP contribution in [0.4, 0.5) is 0 Å². The third kappa shape index (κ3) is 2.34. The van der Waals surface area contributed by atoms with Crippen LogP contribution in [0.5, 0.6) is 0 Å². The van der Waals surface area contributed by atoms with Crippen LogP contribution in [0.25, 0.3) is 0 Å². The lowest BCUT2D eigenvalue weighted by Gasteiger charge is -2.01. The van der Waals surface area contributed by atoms with E-state index in [-0.39, 0.29) is 0 Å². The summed E-state index contributed by atoms with van der Waals surface area (Å²) in [6, 6.07) is 1.76. The van der Waals surface area contributed by atoms with Gasteiger partial charge in [-0.05, 0) is 36.1 Å². The molecule has 2 aromatic heterocycles. The Bertz CT molecular complexity index is 498. The molecule has 1 aliphatic carbocycles. The molecule has 0 atom stereocenters. The second-order valence-corrected chi connectivity index (χ2v) is 5.91. The average Bonchev–Trinajstić information content (AvgIpc) is 2.98. The summed E-state index contributed by atoms with van der Waals surface area (Å²) in [5, 5.41) is 1.35. The molecule has 0 saturated heterocycles. The van der Waals surface area contributed by atoms with Crippen LogP contribution in [0, 0.1) is 0 Å². The van der Waals surface area contributed by atoms with Crippen molar-refractivity contribution in [2.45, 2.75) is 28.1 Å². The summed E-state index contributed by atoms with van der Waals surface area (Å²) in [7, 11) is 0. The second kappa shape index (κ2) is 4.27. The molecule has 1 fully saturated rings. The summed E-state index contributed by atoms with van der Waals surface area (Å²) in [6.45, 7) is 0. The Labute approximate surface area is 106 Å². The SMILES string of the molecule is Clc1cc(Sc2ncns2)nc(C2CC2)n1. The van der Waals surface area contributed by atoms with Gasteiger partial charge < -0.3 is 0 Å². The second-order valence-electron chi connectivity index (χ2n) is 3.47. The minimum absolute atomic E-state index is 0.504. The van der Waals surface area contributed by atoms with Gasteiger partial charge in [0, 0.05) is 12.0 Å². The van der Waals surface area contributed by atoms with Crippen LogP contribution in [-0.4, -0.2) is 19.3 Å². The molecule has 16 heavy (non-hydrogen) atoms. The first-order valence-electron chi connectivity index (χ1n) is 4.80. The van der Waals surface area contributed by atoms with Crippen molar-refractivity contribution >= 4 is 34.9 Å². The number of hydrogen-bond donors (Lipinski definition) is 0. The molecule has 0 spiro atoms. The monoisotopic (exact) mass is 270 g/mol. The molecule has 3 rings (SSSR count). The zero-order chi connectivity index (χ0) is 11.0. The van der Waals surface area contributed by atoms with Gasteiger partial charge in [0.15, 0.2) is 4.34 Å². The zero-order valence-corrected chi connectivity index (χ0v) is 10.5. The van der Waals surface area contributed by atoms with Gasteiger partial charge in [-0.3, -0.25) is 0 Å². The van der Waals surface area contributed by atoms with Gasteiger partial charge in [-0.2, -0.15) is 4.37 Å². The van der Waals surface area contributed by atoms with Crippen molar-refractivity contribution in [1.82, 2.24) is 19.3 Å². The van der Waals surface area contributed by atoms with Crippen molar-refractivity contribution in [3.8, 4) is 0 Å². The molecule has 0 amide bonds. The Morgan fingerprint density at radius 3 is 2.94 bits per heavy atom. The fourth-order valence-corrected chi connectivity index (χ4v) is 2.94. The number of aromatic nitrogens is 4. The van der Waals surface area contributed by atoms with E-state index in [4.69, 9.17) is 11.6 Å². The minimum atomic E-state index is 0.504. The van der Waals surface area contributed by atoms with E-state index >= 15 is 0 Å². The molecular weight excluding hydrogens is 264 g/mol. The van der Waals surface area contributed by atoms with Crippen molar-refractivity contribution in [3.63, 3.8) is 0 Å². The van der Waals surface area contributed by atoms with E-state index in [0.717, 1.165) is 15.2 Å². The summed E-state index contributed by atoms with van der Waals surface area (Å²) < 4.78 is 4.82. The van der Waals surface area contributed by atoms with E-state index in [2.05, 4.69) is 19.3 Å². The highest BCUT2D eigenvalue weighted by Gasteiger charge is 2.27. The van der Waals surface area contributed by atoms with Gasteiger partial charge >= 0.3 is 0 Å². The molecule has 0 aliphatic heterocycles. The molecule has 0 unspecified atom stereocenters. The van der Waals surface area contributed by atoms with Crippen LogP contribution in [0.15, 0.2) is 21.8 Å². The molecule has 0 aromatic carbocycles. The van der Waals surface area contributed by atoms with E-state index in [1.807, 2.05) is 0 Å². The highest BCUT2D eigenvalue weighted by molar-refractivity contribution is 8.00. The van der Waals surface area contributed by atoms with Crippen LogP contribution in [0.1, 0.15) is 24.6 Å². The first kappa shape index (κ1) is 10.4. The van der Waals surface area contributed by atoms with E-state index < -0.39 is 0 Å². The Kier molecular flexibility index (Phi) is 2.79. The van der Waals surface area contributed by atoms with E-state index in [0.29, 0.717) is 11.1 Å². The molecule has 7 heteroatoms. The van der Waals surface area contributed by atoms with Gasteiger partial charge in [0.1, 0.15) is 22.3 Å². The first-order chi connectivity index (χ1) is 7.81. The van der Waals surface area contributed by atoms with Gasteiger partial charge in [-0.1, -0.05) is 11.6 Å². The van der Waals surface area contributed by atoms with Crippen molar-refractivity contribution in [3.05, 3.63) is 23.4 Å². The quantitative estimate of drug-likeness (QED) is 0.803. The van der Waals surface area contributed by atoms with E-state index in [1.165, 1.54) is 42.5 Å². The zero-order valence-electron chi connectivity index (χ0n) is 8.13. The fraction of sp³-hybridized carbons (Fsp3) is 0.333. The maximum absolute atomic E-state index is 5.96. The Morgan fingerprint density at radius 2 is 2.25 bits per heavy atom. The van der Waals surface area contributed by atoms with Crippen LogP contribution in [0.2, 0.25) is 5.15 Å². The lowest BCUT2D eigenvalue weighted by atomic mass is 10.4. The normalized spacial score (nSPS) is 15.3. The lowest BCUT2D eigenvalue weighted by molar-refractivity contribution is 0.878. The third-order valence-electron chi connectivity index (χ3n) is 2.16. The van der Waals surface area contributed by atoms with E-state index in [9.17, 15) is 0 Å². The molecule has 82 valence electrons. The fourth-order valence-electron chi connectivity index (χ4n) is 1.29. The number of nitrogens with zero attached hydrogens (tertiary/aromatic N) is 4. The predicted molar refractivity (Wildman–Crippen MR) is 63.0 cm³/mol.